The van der Waals surface area contributed by atoms with Crippen LogP contribution in [0.2, 0.25) is 5.02 Å². The molecule has 2 nitrogen and oxygen atoms in total. The molecule has 130 valence electrons. The molecule has 0 spiro atoms. The topological polar surface area (TPSA) is 17.8 Å². The van der Waals surface area contributed by atoms with Crippen molar-refractivity contribution in [2.45, 2.75) is 54.9 Å². The summed E-state index contributed by atoms with van der Waals surface area (Å²) < 4.78 is 2.50. The summed E-state index contributed by atoms with van der Waals surface area (Å²) in [6.45, 7) is 3.32. The SMILES string of the molecule is CCCCC1CSC(CCc2ccc(Cl)cc2)(Cn2ccnc2)S1. The van der Waals surface area contributed by atoms with Gasteiger partial charge < -0.3 is 4.57 Å². The van der Waals surface area contributed by atoms with E-state index in [0.717, 1.165) is 23.2 Å². The van der Waals surface area contributed by atoms with E-state index in [-0.39, 0.29) is 4.08 Å². The summed E-state index contributed by atoms with van der Waals surface area (Å²) in [6.07, 6.45) is 12.2. The van der Waals surface area contributed by atoms with Gasteiger partial charge in [0.1, 0.15) is 0 Å². The van der Waals surface area contributed by atoms with E-state index in [1.54, 1.807) is 0 Å². The molecule has 1 saturated heterocycles. The lowest BCUT2D eigenvalue weighted by molar-refractivity contribution is 0.591. The van der Waals surface area contributed by atoms with Crippen LogP contribution in [-0.4, -0.2) is 24.6 Å². The average molecular weight is 381 g/mol. The molecule has 0 saturated carbocycles. The highest BCUT2D eigenvalue weighted by Gasteiger charge is 2.40. The van der Waals surface area contributed by atoms with Gasteiger partial charge in [-0.15, -0.1) is 23.5 Å². The Labute approximate surface area is 158 Å². The second-order valence-corrected chi connectivity index (χ2v) is 10.2. The van der Waals surface area contributed by atoms with Gasteiger partial charge in [0.15, 0.2) is 0 Å². The van der Waals surface area contributed by atoms with Gasteiger partial charge >= 0.3 is 0 Å². The predicted molar refractivity (Wildman–Crippen MR) is 108 cm³/mol. The lowest BCUT2D eigenvalue weighted by Gasteiger charge is -2.28. The zero-order chi connectivity index (χ0) is 16.8. The Kier molecular flexibility index (Phi) is 6.59. The van der Waals surface area contributed by atoms with Gasteiger partial charge in [-0.2, -0.15) is 0 Å². The minimum absolute atomic E-state index is 0.263. The largest absolute Gasteiger partial charge is 0.335 e. The molecule has 1 aromatic carbocycles. The molecule has 0 radical (unpaired) electrons. The Balaban J connectivity index is 1.66. The Bertz CT molecular complexity index is 615. The fourth-order valence-electron chi connectivity index (χ4n) is 3.13. The molecule has 24 heavy (non-hydrogen) atoms. The van der Waals surface area contributed by atoms with Gasteiger partial charge in [0.2, 0.25) is 0 Å². The molecule has 2 unspecified atom stereocenters. The maximum Gasteiger partial charge on any atom is 0.0946 e. The standard InChI is InChI=1S/C19H25ClN2S2/c1-2-3-4-18-13-23-19(24-18,14-22-12-11-21-15-22)10-9-16-5-7-17(20)8-6-16/h5-8,11-12,15,18H,2-4,9-10,13-14H2,1H3. The van der Waals surface area contributed by atoms with Crippen LogP contribution in [0.4, 0.5) is 0 Å². The van der Waals surface area contributed by atoms with E-state index in [2.05, 4.69) is 58.3 Å². The van der Waals surface area contributed by atoms with Crippen molar-refractivity contribution in [3.8, 4) is 0 Å². The quantitative estimate of drug-likeness (QED) is 0.567. The normalized spacial score (nSPS) is 23.7. The third-order valence-corrected chi connectivity index (χ3v) is 8.52. The van der Waals surface area contributed by atoms with E-state index >= 15 is 0 Å². The minimum atomic E-state index is 0.263. The Morgan fingerprint density at radius 1 is 1.33 bits per heavy atom. The molecule has 2 heterocycles. The molecule has 0 bridgehead atoms. The lowest BCUT2D eigenvalue weighted by atomic mass is 10.1. The first-order valence-electron chi connectivity index (χ1n) is 8.71. The van der Waals surface area contributed by atoms with Crippen molar-refractivity contribution >= 4 is 35.1 Å². The van der Waals surface area contributed by atoms with Crippen molar-refractivity contribution in [3.05, 3.63) is 53.6 Å². The summed E-state index contributed by atoms with van der Waals surface area (Å²) in [5.41, 5.74) is 1.38. The van der Waals surface area contributed by atoms with Gasteiger partial charge in [-0.1, -0.05) is 43.5 Å². The fraction of sp³-hybridized carbons (Fsp3) is 0.526. The number of unbranched alkanes of at least 4 members (excludes halogenated alkanes) is 1. The van der Waals surface area contributed by atoms with Gasteiger partial charge in [-0.25, -0.2) is 4.98 Å². The van der Waals surface area contributed by atoms with E-state index in [1.807, 2.05) is 24.7 Å². The first kappa shape index (κ1) is 18.2. The molecule has 0 N–H and O–H groups in total. The second kappa shape index (κ2) is 8.68. The number of thioether (sulfide) groups is 2. The van der Waals surface area contributed by atoms with E-state index in [4.69, 9.17) is 11.6 Å². The van der Waals surface area contributed by atoms with Gasteiger partial charge in [0, 0.05) is 35.0 Å². The molecule has 2 atom stereocenters. The van der Waals surface area contributed by atoms with E-state index in [9.17, 15) is 0 Å². The van der Waals surface area contributed by atoms with Crippen molar-refractivity contribution in [2.24, 2.45) is 0 Å². The summed E-state index contributed by atoms with van der Waals surface area (Å²) in [7, 11) is 0. The Morgan fingerprint density at radius 3 is 2.88 bits per heavy atom. The van der Waals surface area contributed by atoms with Crippen molar-refractivity contribution < 1.29 is 0 Å². The second-order valence-electron chi connectivity index (χ2n) is 6.47. The molecule has 0 amide bonds. The zero-order valence-electron chi connectivity index (χ0n) is 14.2. The monoisotopic (exact) mass is 380 g/mol. The van der Waals surface area contributed by atoms with Crippen LogP contribution >= 0.6 is 35.1 Å². The maximum atomic E-state index is 6.01. The summed E-state index contributed by atoms with van der Waals surface area (Å²) in [5, 5.41) is 1.61. The van der Waals surface area contributed by atoms with E-state index < -0.39 is 0 Å². The number of hydrogen-bond donors (Lipinski definition) is 0. The van der Waals surface area contributed by atoms with E-state index in [0.29, 0.717) is 0 Å². The molecule has 1 aliphatic rings. The van der Waals surface area contributed by atoms with Crippen LogP contribution in [0.15, 0.2) is 43.0 Å². The van der Waals surface area contributed by atoms with Crippen molar-refractivity contribution in [1.82, 2.24) is 9.55 Å². The summed E-state index contributed by atoms with van der Waals surface area (Å²) >= 11 is 10.4. The highest BCUT2D eigenvalue weighted by atomic mass is 35.5. The summed E-state index contributed by atoms with van der Waals surface area (Å²) in [6, 6.07) is 8.31. The van der Waals surface area contributed by atoms with Gasteiger partial charge in [-0.3, -0.25) is 0 Å². The number of halogens is 1. The zero-order valence-corrected chi connectivity index (χ0v) is 16.5. The Morgan fingerprint density at radius 2 is 2.17 bits per heavy atom. The summed E-state index contributed by atoms with van der Waals surface area (Å²) in [4.78, 5) is 4.22. The molecule has 1 aromatic heterocycles. The molecule has 5 heteroatoms. The lowest BCUT2D eigenvalue weighted by Crippen LogP contribution is -2.25. The molecular formula is C19H25ClN2S2. The molecule has 1 aliphatic heterocycles. The number of nitrogens with zero attached hydrogens (tertiary/aromatic N) is 2. The third kappa shape index (κ3) is 4.96. The van der Waals surface area contributed by atoms with Crippen molar-refractivity contribution in [1.29, 1.82) is 0 Å². The predicted octanol–water partition coefficient (Wildman–Crippen LogP) is 5.90. The smallest absolute Gasteiger partial charge is 0.0946 e. The van der Waals surface area contributed by atoms with Gasteiger partial charge in [-0.05, 0) is 37.0 Å². The highest BCUT2D eigenvalue weighted by Crippen LogP contribution is 2.53. The van der Waals surface area contributed by atoms with Crippen LogP contribution < -0.4 is 0 Å². The average Bonchev–Trinajstić information content (AvgIpc) is 3.23. The number of aromatic nitrogens is 2. The third-order valence-electron chi connectivity index (χ3n) is 4.48. The summed E-state index contributed by atoms with van der Waals surface area (Å²) in [5.74, 6) is 1.28. The van der Waals surface area contributed by atoms with Crippen molar-refractivity contribution in [3.63, 3.8) is 0 Å². The Hall–Kier alpha value is -0.580. The number of rotatable bonds is 8. The molecular weight excluding hydrogens is 356 g/mol. The fourth-order valence-corrected chi connectivity index (χ4v) is 7.09. The first-order chi connectivity index (χ1) is 11.7. The molecule has 1 fully saturated rings. The number of hydrogen-bond acceptors (Lipinski definition) is 3. The van der Waals surface area contributed by atoms with Crippen LogP contribution in [-0.2, 0) is 13.0 Å². The van der Waals surface area contributed by atoms with Gasteiger partial charge in [0.25, 0.3) is 0 Å². The maximum absolute atomic E-state index is 6.01. The molecule has 2 aromatic rings. The number of imidazole rings is 1. The van der Waals surface area contributed by atoms with Crippen LogP contribution in [0.3, 0.4) is 0 Å². The van der Waals surface area contributed by atoms with Gasteiger partial charge in [0.05, 0.1) is 10.4 Å². The number of aryl methyl sites for hydroxylation is 1. The van der Waals surface area contributed by atoms with Crippen LogP contribution in [0.1, 0.15) is 38.2 Å². The van der Waals surface area contributed by atoms with E-state index in [1.165, 1.54) is 37.0 Å². The van der Waals surface area contributed by atoms with Crippen LogP contribution in [0.5, 0.6) is 0 Å². The van der Waals surface area contributed by atoms with Crippen molar-refractivity contribution in [2.75, 3.05) is 5.75 Å². The molecule has 0 aliphatic carbocycles. The molecule has 3 rings (SSSR count). The first-order valence-corrected chi connectivity index (χ1v) is 11.0. The van der Waals surface area contributed by atoms with Crippen LogP contribution in [0, 0.1) is 0 Å². The van der Waals surface area contributed by atoms with Crippen LogP contribution in [0.25, 0.3) is 0 Å². The highest BCUT2D eigenvalue weighted by molar-refractivity contribution is 8.21. The minimum Gasteiger partial charge on any atom is -0.335 e. The number of benzene rings is 1.